The number of ether oxygens (including phenoxy) is 1. The van der Waals surface area contributed by atoms with Gasteiger partial charge in [0.25, 0.3) is 0 Å². The van der Waals surface area contributed by atoms with Gasteiger partial charge in [0.05, 0.1) is 13.2 Å². The highest BCUT2D eigenvalue weighted by atomic mass is 16.5. The van der Waals surface area contributed by atoms with E-state index in [1.54, 1.807) is 13.8 Å². The first kappa shape index (κ1) is 10.9. The molecule has 0 aliphatic carbocycles. The first-order valence-electron chi connectivity index (χ1n) is 5.32. The summed E-state index contributed by atoms with van der Waals surface area (Å²) >= 11 is 0. The van der Waals surface area contributed by atoms with Gasteiger partial charge in [-0.25, -0.2) is 0 Å². The van der Waals surface area contributed by atoms with Crippen LogP contribution in [-0.2, 0) is 9.53 Å². The largest absolute Gasteiger partial charge is 0.480 e. The molecule has 86 valence electrons. The predicted octanol–water partition coefficient (Wildman–Crippen LogP) is -0.478. The smallest absolute Gasteiger partial charge is 0.323 e. The number of hydrogen-bond acceptors (Lipinski definition) is 4. The van der Waals surface area contributed by atoms with Crippen molar-refractivity contribution in [2.24, 2.45) is 0 Å². The Morgan fingerprint density at radius 3 is 2.40 bits per heavy atom. The van der Waals surface area contributed by atoms with Gasteiger partial charge >= 0.3 is 5.97 Å². The van der Waals surface area contributed by atoms with Gasteiger partial charge in [-0.1, -0.05) is 0 Å². The number of fused-ring (bicyclic) bond motifs is 2. The van der Waals surface area contributed by atoms with Gasteiger partial charge in [0.1, 0.15) is 5.54 Å². The van der Waals surface area contributed by atoms with E-state index in [4.69, 9.17) is 9.84 Å². The molecule has 2 heterocycles. The Morgan fingerprint density at radius 1 is 1.40 bits per heavy atom. The number of aliphatic carboxylic acids is 1. The van der Waals surface area contributed by atoms with Crippen LogP contribution in [0.25, 0.3) is 0 Å². The quantitative estimate of drug-likeness (QED) is 0.650. The molecule has 2 bridgehead atoms. The fraction of sp³-hybridized carbons (Fsp3) is 0.900. The average Bonchev–Trinajstić information content (AvgIpc) is 2.16. The highest BCUT2D eigenvalue weighted by Crippen LogP contribution is 2.20. The molecule has 2 aliphatic rings. The number of morpholine rings is 1. The topological polar surface area (TPSA) is 61.8 Å². The molecule has 15 heavy (non-hydrogen) atoms. The summed E-state index contributed by atoms with van der Waals surface area (Å²) in [5.74, 6) is -0.761. The minimum atomic E-state index is -0.782. The summed E-state index contributed by atoms with van der Waals surface area (Å²) in [5.41, 5.74) is -0.782. The lowest BCUT2D eigenvalue weighted by molar-refractivity contribution is -0.152. The van der Waals surface area contributed by atoms with Crippen LogP contribution in [0, 0.1) is 0 Å². The number of carboxylic acid groups (broad SMARTS) is 1. The zero-order chi connectivity index (χ0) is 11.1. The molecule has 0 aromatic heterocycles. The molecule has 2 rings (SSSR count). The molecular formula is C10H18N2O3. The van der Waals surface area contributed by atoms with Crippen molar-refractivity contribution in [3.8, 4) is 0 Å². The second-order valence-corrected chi connectivity index (χ2v) is 4.87. The van der Waals surface area contributed by atoms with Crippen molar-refractivity contribution in [2.45, 2.75) is 31.5 Å². The lowest BCUT2D eigenvalue weighted by Gasteiger charge is -2.47. The van der Waals surface area contributed by atoms with Crippen LogP contribution in [0.3, 0.4) is 0 Å². The van der Waals surface area contributed by atoms with Gasteiger partial charge < -0.3 is 15.2 Å². The van der Waals surface area contributed by atoms with Crippen LogP contribution in [0.1, 0.15) is 13.8 Å². The van der Waals surface area contributed by atoms with Crippen LogP contribution in [0.4, 0.5) is 0 Å². The monoisotopic (exact) mass is 214 g/mol. The number of carboxylic acids is 1. The Morgan fingerprint density at radius 2 is 1.93 bits per heavy atom. The van der Waals surface area contributed by atoms with Crippen molar-refractivity contribution in [1.29, 1.82) is 0 Å². The molecule has 0 amide bonds. The van der Waals surface area contributed by atoms with Crippen LogP contribution in [-0.4, -0.2) is 59.9 Å². The van der Waals surface area contributed by atoms with Gasteiger partial charge in [0, 0.05) is 25.2 Å². The molecule has 2 fully saturated rings. The second kappa shape index (κ2) is 3.73. The van der Waals surface area contributed by atoms with E-state index >= 15 is 0 Å². The molecule has 0 aromatic carbocycles. The molecular weight excluding hydrogens is 196 g/mol. The van der Waals surface area contributed by atoms with Gasteiger partial charge in [0.15, 0.2) is 0 Å². The highest BCUT2D eigenvalue weighted by Gasteiger charge is 2.41. The van der Waals surface area contributed by atoms with E-state index in [-0.39, 0.29) is 12.1 Å². The minimum Gasteiger partial charge on any atom is -0.480 e. The SMILES string of the molecule is CC(C)(C(=O)O)N1CC2COCC(C1)N2. The molecule has 2 atom stereocenters. The third-order valence-electron chi connectivity index (χ3n) is 3.30. The maximum absolute atomic E-state index is 11.1. The zero-order valence-corrected chi connectivity index (χ0v) is 9.19. The third kappa shape index (κ3) is 2.00. The summed E-state index contributed by atoms with van der Waals surface area (Å²) in [6.45, 7) is 6.38. The average molecular weight is 214 g/mol. The third-order valence-corrected chi connectivity index (χ3v) is 3.30. The Kier molecular flexibility index (Phi) is 2.70. The standard InChI is InChI=1S/C10H18N2O3/c1-10(2,9(13)14)12-3-7-5-15-6-8(4-12)11-7/h7-8,11H,3-6H2,1-2H3,(H,13,14). The van der Waals surface area contributed by atoms with Gasteiger partial charge in [0.2, 0.25) is 0 Å². The van der Waals surface area contributed by atoms with Crippen molar-refractivity contribution in [3.05, 3.63) is 0 Å². The van der Waals surface area contributed by atoms with Crippen LogP contribution in [0.5, 0.6) is 0 Å². The van der Waals surface area contributed by atoms with Crippen molar-refractivity contribution < 1.29 is 14.6 Å². The van der Waals surface area contributed by atoms with Crippen LogP contribution >= 0.6 is 0 Å². The van der Waals surface area contributed by atoms with Crippen molar-refractivity contribution >= 4 is 5.97 Å². The molecule has 2 aliphatic heterocycles. The molecule has 5 heteroatoms. The van der Waals surface area contributed by atoms with E-state index < -0.39 is 11.5 Å². The summed E-state index contributed by atoms with van der Waals surface area (Å²) in [4.78, 5) is 13.2. The van der Waals surface area contributed by atoms with Crippen LogP contribution < -0.4 is 5.32 Å². The number of nitrogens with one attached hydrogen (secondary N) is 1. The Hall–Kier alpha value is -0.650. The maximum Gasteiger partial charge on any atom is 0.323 e. The molecule has 2 unspecified atom stereocenters. The second-order valence-electron chi connectivity index (χ2n) is 4.87. The summed E-state index contributed by atoms with van der Waals surface area (Å²) in [5, 5.41) is 12.6. The highest BCUT2D eigenvalue weighted by molar-refractivity contribution is 5.77. The first-order chi connectivity index (χ1) is 7.00. The normalized spacial score (nSPS) is 32.7. The molecule has 2 saturated heterocycles. The molecule has 0 radical (unpaired) electrons. The summed E-state index contributed by atoms with van der Waals surface area (Å²) in [7, 11) is 0. The number of piperazine rings is 1. The fourth-order valence-corrected chi connectivity index (χ4v) is 2.19. The van der Waals surface area contributed by atoms with Gasteiger partial charge in [-0.05, 0) is 13.8 Å². The summed E-state index contributed by atoms with van der Waals surface area (Å²) in [6.07, 6.45) is 0. The lowest BCUT2D eigenvalue weighted by atomic mass is 9.97. The van der Waals surface area contributed by atoms with E-state index in [0.717, 1.165) is 13.1 Å². The zero-order valence-electron chi connectivity index (χ0n) is 9.19. The van der Waals surface area contributed by atoms with E-state index in [1.165, 1.54) is 0 Å². The minimum absolute atomic E-state index is 0.274. The van der Waals surface area contributed by atoms with Crippen molar-refractivity contribution in [2.75, 3.05) is 26.3 Å². The lowest BCUT2D eigenvalue weighted by Crippen LogP contribution is -2.67. The van der Waals surface area contributed by atoms with Gasteiger partial charge in [-0.3, -0.25) is 9.69 Å². The molecule has 0 spiro atoms. The Bertz CT molecular complexity index is 255. The van der Waals surface area contributed by atoms with Crippen molar-refractivity contribution in [1.82, 2.24) is 10.2 Å². The number of hydrogen-bond donors (Lipinski definition) is 2. The first-order valence-corrected chi connectivity index (χ1v) is 5.32. The van der Waals surface area contributed by atoms with Gasteiger partial charge in [-0.2, -0.15) is 0 Å². The summed E-state index contributed by atoms with van der Waals surface area (Å²) < 4.78 is 5.42. The van der Waals surface area contributed by atoms with Crippen molar-refractivity contribution in [3.63, 3.8) is 0 Å². The molecule has 0 aromatic rings. The van der Waals surface area contributed by atoms with E-state index in [0.29, 0.717) is 13.2 Å². The van der Waals surface area contributed by atoms with E-state index in [2.05, 4.69) is 5.32 Å². The number of carbonyl (C=O) groups is 1. The van der Waals surface area contributed by atoms with Crippen LogP contribution in [0.15, 0.2) is 0 Å². The molecule has 2 N–H and O–H groups in total. The molecule has 0 saturated carbocycles. The fourth-order valence-electron chi connectivity index (χ4n) is 2.19. The van der Waals surface area contributed by atoms with E-state index in [9.17, 15) is 4.79 Å². The predicted molar refractivity (Wildman–Crippen MR) is 54.8 cm³/mol. The number of rotatable bonds is 2. The maximum atomic E-state index is 11.1. The molecule has 5 nitrogen and oxygen atoms in total. The Labute approximate surface area is 89.4 Å². The van der Waals surface area contributed by atoms with Crippen LogP contribution in [0.2, 0.25) is 0 Å². The number of nitrogens with zero attached hydrogens (tertiary/aromatic N) is 1. The van der Waals surface area contributed by atoms with Gasteiger partial charge in [-0.15, -0.1) is 0 Å². The Balaban J connectivity index is 2.08. The van der Waals surface area contributed by atoms with E-state index in [1.807, 2.05) is 4.90 Å². The summed E-state index contributed by atoms with van der Waals surface area (Å²) in [6, 6.07) is 0.548.